The van der Waals surface area contributed by atoms with Gasteiger partial charge in [0, 0.05) is 45.0 Å². The second kappa shape index (κ2) is 6.57. The summed E-state index contributed by atoms with van der Waals surface area (Å²) in [5, 5.41) is 3.16. The molecule has 0 amide bonds. The molecule has 0 radical (unpaired) electrons. The molecule has 3 heteroatoms. The van der Waals surface area contributed by atoms with E-state index in [2.05, 4.69) is 52.0 Å². The topological polar surface area (TPSA) is 18.5 Å². The molecule has 0 bridgehead atoms. The molecule has 0 aromatic heterocycles. The van der Waals surface area contributed by atoms with Crippen molar-refractivity contribution in [2.45, 2.75) is 0 Å². The van der Waals surface area contributed by atoms with Crippen LogP contribution in [0.3, 0.4) is 0 Å². The summed E-state index contributed by atoms with van der Waals surface area (Å²) in [6, 6.07) is 10.7. The van der Waals surface area contributed by atoms with E-state index < -0.39 is 0 Å². The zero-order valence-corrected chi connectivity index (χ0v) is 11.2. The number of anilines is 1. The Hall–Kier alpha value is -1.32. The normalized spacial score (nSPS) is 16.8. The van der Waals surface area contributed by atoms with Gasteiger partial charge in [0.15, 0.2) is 0 Å². The van der Waals surface area contributed by atoms with E-state index in [0.29, 0.717) is 0 Å². The van der Waals surface area contributed by atoms with Crippen LogP contribution in [0.15, 0.2) is 42.5 Å². The van der Waals surface area contributed by atoms with Gasteiger partial charge in [0.25, 0.3) is 0 Å². The molecule has 1 fully saturated rings. The van der Waals surface area contributed by atoms with Crippen molar-refractivity contribution in [2.24, 2.45) is 0 Å². The maximum atomic E-state index is 4.10. The highest BCUT2D eigenvalue weighted by Gasteiger charge is 2.16. The molecule has 18 heavy (non-hydrogen) atoms. The summed E-state index contributed by atoms with van der Waals surface area (Å²) in [6.45, 7) is 10.5. The third-order valence-corrected chi connectivity index (χ3v) is 3.37. The maximum Gasteiger partial charge on any atom is 0.0367 e. The number of hydrogen-bond donors (Lipinski definition) is 1. The Labute approximate surface area is 110 Å². The monoisotopic (exact) mass is 245 g/mol. The molecular weight excluding hydrogens is 222 g/mol. The number of piperazine rings is 1. The first-order valence-electron chi connectivity index (χ1n) is 6.63. The van der Waals surface area contributed by atoms with Crippen molar-refractivity contribution in [1.29, 1.82) is 0 Å². The molecule has 1 saturated heterocycles. The van der Waals surface area contributed by atoms with Gasteiger partial charge in [0.2, 0.25) is 0 Å². The van der Waals surface area contributed by atoms with Crippen LogP contribution < -0.4 is 10.2 Å². The fourth-order valence-electron chi connectivity index (χ4n) is 2.43. The highest BCUT2D eigenvalue weighted by molar-refractivity contribution is 5.46. The fraction of sp³-hybridized carbons (Fsp3) is 0.467. The van der Waals surface area contributed by atoms with E-state index in [0.717, 1.165) is 39.3 Å². The van der Waals surface area contributed by atoms with Crippen molar-refractivity contribution in [1.82, 2.24) is 10.2 Å². The maximum absolute atomic E-state index is 4.10. The van der Waals surface area contributed by atoms with Gasteiger partial charge in [-0.05, 0) is 24.8 Å². The lowest BCUT2D eigenvalue weighted by Crippen LogP contribution is -2.47. The van der Waals surface area contributed by atoms with E-state index >= 15 is 0 Å². The minimum Gasteiger partial charge on any atom is -0.369 e. The van der Waals surface area contributed by atoms with Crippen LogP contribution in [-0.2, 0) is 0 Å². The Balaban J connectivity index is 1.80. The highest BCUT2D eigenvalue weighted by atomic mass is 15.3. The molecule has 1 N–H and O–H groups in total. The van der Waals surface area contributed by atoms with Crippen LogP contribution in [0.4, 0.5) is 5.69 Å². The van der Waals surface area contributed by atoms with Gasteiger partial charge < -0.3 is 10.2 Å². The van der Waals surface area contributed by atoms with Crippen molar-refractivity contribution in [3.05, 3.63) is 42.5 Å². The second-order valence-electron chi connectivity index (χ2n) is 4.88. The summed E-state index contributed by atoms with van der Waals surface area (Å²) < 4.78 is 0. The minimum absolute atomic E-state index is 0.916. The summed E-state index contributed by atoms with van der Waals surface area (Å²) in [5.74, 6) is 0. The first kappa shape index (κ1) is 13.1. The SMILES string of the molecule is C=C(CNC)CN1CCN(c2ccccc2)CC1. The van der Waals surface area contributed by atoms with Gasteiger partial charge in [0.1, 0.15) is 0 Å². The van der Waals surface area contributed by atoms with Gasteiger partial charge in [-0.2, -0.15) is 0 Å². The number of nitrogens with one attached hydrogen (secondary N) is 1. The van der Waals surface area contributed by atoms with Crippen LogP contribution in [-0.4, -0.2) is 51.2 Å². The van der Waals surface area contributed by atoms with Gasteiger partial charge in [-0.1, -0.05) is 24.8 Å². The van der Waals surface area contributed by atoms with Gasteiger partial charge in [-0.3, -0.25) is 4.90 Å². The Morgan fingerprint density at radius 3 is 2.44 bits per heavy atom. The third-order valence-electron chi connectivity index (χ3n) is 3.37. The largest absolute Gasteiger partial charge is 0.369 e. The number of nitrogens with zero attached hydrogens (tertiary/aromatic N) is 2. The van der Waals surface area contributed by atoms with Crippen LogP contribution in [0.1, 0.15) is 0 Å². The summed E-state index contributed by atoms with van der Waals surface area (Å²) >= 11 is 0. The van der Waals surface area contributed by atoms with Gasteiger partial charge in [-0.25, -0.2) is 0 Å². The average Bonchev–Trinajstić information content (AvgIpc) is 2.41. The van der Waals surface area contributed by atoms with E-state index in [1.807, 2.05) is 7.05 Å². The molecule has 0 saturated carbocycles. The Kier molecular flexibility index (Phi) is 4.79. The fourth-order valence-corrected chi connectivity index (χ4v) is 2.43. The first-order valence-corrected chi connectivity index (χ1v) is 6.63. The Bertz CT molecular complexity index is 367. The van der Waals surface area contributed by atoms with Crippen LogP contribution in [0.2, 0.25) is 0 Å². The zero-order valence-electron chi connectivity index (χ0n) is 11.2. The zero-order chi connectivity index (χ0) is 12.8. The molecule has 1 aromatic rings. The quantitative estimate of drug-likeness (QED) is 0.795. The summed E-state index contributed by atoms with van der Waals surface area (Å²) in [6.07, 6.45) is 0. The minimum atomic E-state index is 0.916. The molecule has 0 unspecified atom stereocenters. The number of likely N-dealkylation sites (N-methyl/N-ethyl adjacent to an activating group) is 1. The standard InChI is InChI=1S/C15H23N3/c1-14(12-16-2)13-17-8-10-18(11-9-17)15-6-4-3-5-7-15/h3-7,16H,1,8-13H2,2H3. The van der Waals surface area contributed by atoms with E-state index in [1.54, 1.807) is 0 Å². The van der Waals surface area contributed by atoms with Crippen molar-refractivity contribution in [3.8, 4) is 0 Å². The van der Waals surface area contributed by atoms with Gasteiger partial charge >= 0.3 is 0 Å². The summed E-state index contributed by atoms with van der Waals surface area (Å²) in [7, 11) is 1.97. The molecule has 0 spiro atoms. The summed E-state index contributed by atoms with van der Waals surface area (Å²) in [4.78, 5) is 4.94. The molecule has 1 heterocycles. The van der Waals surface area contributed by atoms with Crippen molar-refractivity contribution in [2.75, 3.05) is 51.2 Å². The Morgan fingerprint density at radius 1 is 1.17 bits per heavy atom. The molecule has 0 aliphatic carbocycles. The molecule has 3 nitrogen and oxygen atoms in total. The van der Waals surface area contributed by atoms with Gasteiger partial charge in [-0.15, -0.1) is 0 Å². The lowest BCUT2D eigenvalue weighted by atomic mass is 10.2. The number of para-hydroxylation sites is 1. The third kappa shape index (κ3) is 3.59. The van der Waals surface area contributed by atoms with Gasteiger partial charge in [0.05, 0.1) is 0 Å². The smallest absolute Gasteiger partial charge is 0.0367 e. The van der Waals surface area contributed by atoms with Crippen LogP contribution in [0, 0.1) is 0 Å². The van der Waals surface area contributed by atoms with Crippen molar-refractivity contribution >= 4 is 5.69 Å². The predicted molar refractivity (Wildman–Crippen MR) is 78.2 cm³/mol. The van der Waals surface area contributed by atoms with Crippen molar-refractivity contribution in [3.63, 3.8) is 0 Å². The molecule has 0 atom stereocenters. The molecular formula is C15H23N3. The number of benzene rings is 1. The molecule has 1 aliphatic rings. The summed E-state index contributed by atoms with van der Waals surface area (Å²) in [5.41, 5.74) is 2.61. The number of hydrogen-bond acceptors (Lipinski definition) is 3. The Morgan fingerprint density at radius 2 is 1.83 bits per heavy atom. The van der Waals surface area contributed by atoms with Crippen LogP contribution in [0.25, 0.3) is 0 Å². The van der Waals surface area contributed by atoms with E-state index in [9.17, 15) is 0 Å². The van der Waals surface area contributed by atoms with E-state index in [1.165, 1.54) is 11.3 Å². The lowest BCUT2D eigenvalue weighted by Gasteiger charge is -2.36. The number of rotatable bonds is 5. The molecule has 1 aromatic carbocycles. The molecule has 98 valence electrons. The van der Waals surface area contributed by atoms with E-state index in [-0.39, 0.29) is 0 Å². The van der Waals surface area contributed by atoms with Crippen molar-refractivity contribution < 1.29 is 0 Å². The molecule has 2 rings (SSSR count). The molecule has 1 aliphatic heterocycles. The first-order chi connectivity index (χ1) is 8.79. The second-order valence-corrected chi connectivity index (χ2v) is 4.88. The van der Waals surface area contributed by atoms with Crippen LogP contribution in [0.5, 0.6) is 0 Å². The lowest BCUT2D eigenvalue weighted by molar-refractivity contribution is 0.277. The highest BCUT2D eigenvalue weighted by Crippen LogP contribution is 2.15. The van der Waals surface area contributed by atoms with E-state index in [4.69, 9.17) is 0 Å². The average molecular weight is 245 g/mol. The van der Waals surface area contributed by atoms with Crippen LogP contribution >= 0.6 is 0 Å². The predicted octanol–water partition coefficient (Wildman–Crippen LogP) is 1.58.